The Morgan fingerprint density at radius 1 is 1.29 bits per heavy atom. The van der Waals surface area contributed by atoms with Gasteiger partial charge in [-0.15, -0.1) is 0 Å². The number of nitrogens with two attached hydrogens (primary N) is 1. The van der Waals surface area contributed by atoms with Gasteiger partial charge in [-0.1, -0.05) is 6.07 Å². The Morgan fingerprint density at radius 2 is 2.00 bits per heavy atom. The minimum Gasteiger partial charge on any atom is -0.494 e. The van der Waals surface area contributed by atoms with Gasteiger partial charge < -0.3 is 10.5 Å². The molecule has 2 rings (SSSR count). The van der Waals surface area contributed by atoms with E-state index in [2.05, 4.69) is 26.0 Å². The molecule has 2 nitrogen and oxygen atoms in total. The topological polar surface area (TPSA) is 35.2 Å². The van der Waals surface area contributed by atoms with Gasteiger partial charge in [0.25, 0.3) is 0 Å². The van der Waals surface area contributed by atoms with Crippen LogP contribution >= 0.6 is 0 Å². The standard InChI is InChI=1S/C15H23NO/c1-4-17-15-8-10(2)13(7-11(15)3)14(9-16)12-5-6-12/h7-8,12,14H,4-6,9,16H2,1-3H3. The predicted octanol–water partition coefficient (Wildman–Crippen LogP) is 3.15. The van der Waals surface area contributed by atoms with Crippen molar-refractivity contribution < 1.29 is 4.74 Å². The minimum atomic E-state index is 0.546. The van der Waals surface area contributed by atoms with E-state index < -0.39 is 0 Å². The molecule has 1 aromatic carbocycles. The van der Waals surface area contributed by atoms with Crippen molar-refractivity contribution in [2.45, 2.75) is 39.5 Å². The highest BCUT2D eigenvalue weighted by atomic mass is 16.5. The molecule has 0 heterocycles. The average Bonchev–Trinajstić information content (AvgIpc) is 3.10. The molecule has 0 saturated heterocycles. The lowest BCUT2D eigenvalue weighted by Gasteiger charge is -2.19. The molecule has 1 unspecified atom stereocenters. The van der Waals surface area contributed by atoms with Crippen LogP contribution in [0.15, 0.2) is 12.1 Å². The van der Waals surface area contributed by atoms with Crippen molar-refractivity contribution in [1.29, 1.82) is 0 Å². The number of hydrogen-bond donors (Lipinski definition) is 1. The van der Waals surface area contributed by atoms with E-state index in [0.29, 0.717) is 5.92 Å². The normalized spacial score (nSPS) is 16.9. The van der Waals surface area contributed by atoms with Crippen LogP contribution < -0.4 is 10.5 Å². The number of ether oxygens (including phenoxy) is 1. The Bertz CT molecular complexity index is 396. The summed E-state index contributed by atoms with van der Waals surface area (Å²) in [6, 6.07) is 4.44. The minimum absolute atomic E-state index is 0.546. The maximum Gasteiger partial charge on any atom is 0.122 e. The van der Waals surface area contributed by atoms with E-state index in [0.717, 1.165) is 24.8 Å². The van der Waals surface area contributed by atoms with Crippen LogP contribution in [-0.2, 0) is 0 Å². The first-order chi connectivity index (χ1) is 8.17. The van der Waals surface area contributed by atoms with E-state index in [-0.39, 0.29) is 0 Å². The molecular weight excluding hydrogens is 210 g/mol. The number of benzene rings is 1. The second-order valence-electron chi connectivity index (χ2n) is 5.09. The molecule has 0 radical (unpaired) electrons. The second-order valence-corrected chi connectivity index (χ2v) is 5.09. The molecule has 2 N–H and O–H groups in total. The van der Waals surface area contributed by atoms with Gasteiger partial charge in [-0.3, -0.25) is 0 Å². The van der Waals surface area contributed by atoms with E-state index in [4.69, 9.17) is 10.5 Å². The Hall–Kier alpha value is -1.02. The number of aryl methyl sites for hydroxylation is 2. The molecule has 94 valence electrons. The van der Waals surface area contributed by atoms with Crippen molar-refractivity contribution in [1.82, 2.24) is 0 Å². The number of hydrogen-bond acceptors (Lipinski definition) is 2. The summed E-state index contributed by atoms with van der Waals surface area (Å²) in [4.78, 5) is 0. The Morgan fingerprint density at radius 3 is 2.53 bits per heavy atom. The SMILES string of the molecule is CCOc1cc(C)c(C(CN)C2CC2)cc1C. The van der Waals surface area contributed by atoms with Gasteiger partial charge >= 0.3 is 0 Å². The maximum atomic E-state index is 5.93. The van der Waals surface area contributed by atoms with Gasteiger partial charge in [-0.2, -0.15) is 0 Å². The van der Waals surface area contributed by atoms with Crippen molar-refractivity contribution in [3.8, 4) is 5.75 Å². The van der Waals surface area contributed by atoms with Crippen LogP contribution in [-0.4, -0.2) is 13.2 Å². The first-order valence-corrected chi connectivity index (χ1v) is 6.61. The van der Waals surface area contributed by atoms with Gasteiger partial charge in [0, 0.05) is 0 Å². The third-order valence-corrected chi connectivity index (χ3v) is 3.71. The summed E-state index contributed by atoms with van der Waals surface area (Å²) in [5, 5.41) is 0. The molecular formula is C15H23NO. The second kappa shape index (κ2) is 5.09. The summed E-state index contributed by atoms with van der Waals surface area (Å²) in [6.07, 6.45) is 2.68. The third kappa shape index (κ3) is 2.63. The fourth-order valence-corrected chi connectivity index (χ4v) is 2.59. The summed E-state index contributed by atoms with van der Waals surface area (Å²) in [7, 11) is 0. The molecule has 2 heteroatoms. The van der Waals surface area contributed by atoms with Crippen LogP contribution in [0, 0.1) is 19.8 Å². The summed E-state index contributed by atoms with van der Waals surface area (Å²) < 4.78 is 5.63. The quantitative estimate of drug-likeness (QED) is 0.848. The Balaban J connectivity index is 2.30. The Labute approximate surface area is 104 Å². The van der Waals surface area contributed by atoms with Crippen molar-refractivity contribution >= 4 is 0 Å². The highest BCUT2D eigenvalue weighted by Crippen LogP contribution is 2.43. The zero-order valence-electron chi connectivity index (χ0n) is 11.1. The molecule has 1 aromatic rings. The first kappa shape index (κ1) is 12.4. The highest BCUT2D eigenvalue weighted by molar-refractivity contribution is 5.43. The van der Waals surface area contributed by atoms with Crippen LogP contribution in [0.25, 0.3) is 0 Å². The van der Waals surface area contributed by atoms with E-state index >= 15 is 0 Å². The van der Waals surface area contributed by atoms with Crippen molar-refractivity contribution in [3.63, 3.8) is 0 Å². The highest BCUT2D eigenvalue weighted by Gasteiger charge is 2.32. The molecule has 1 aliphatic carbocycles. The Kier molecular flexibility index (Phi) is 3.72. The first-order valence-electron chi connectivity index (χ1n) is 6.61. The van der Waals surface area contributed by atoms with Gasteiger partial charge in [0.05, 0.1) is 6.61 Å². The molecule has 0 aliphatic heterocycles. The molecule has 17 heavy (non-hydrogen) atoms. The molecule has 1 saturated carbocycles. The van der Waals surface area contributed by atoms with Crippen molar-refractivity contribution in [2.24, 2.45) is 11.7 Å². The molecule has 1 fully saturated rings. The van der Waals surface area contributed by atoms with Crippen LogP contribution in [0.5, 0.6) is 5.75 Å². The number of rotatable bonds is 5. The van der Waals surface area contributed by atoms with Crippen LogP contribution in [0.4, 0.5) is 0 Å². The van der Waals surface area contributed by atoms with Crippen LogP contribution in [0.2, 0.25) is 0 Å². The maximum absolute atomic E-state index is 5.93. The average molecular weight is 233 g/mol. The van der Waals surface area contributed by atoms with Gasteiger partial charge in [0.2, 0.25) is 0 Å². The lowest BCUT2D eigenvalue weighted by Crippen LogP contribution is -2.16. The zero-order valence-corrected chi connectivity index (χ0v) is 11.1. The smallest absolute Gasteiger partial charge is 0.122 e. The summed E-state index contributed by atoms with van der Waals surface area (Å²) >= 11 is 0. The third-order valence-electron chi connectivity index (χ3n) is 3.71. The van der Waals surface area contributed by atoms with E-state index in [1.54, 1.807) is 0 Å². The van der Waals surface area contributed by atoms with Crippen LogP contribution in [0.3, 0.4) is 0 Å². The molecule has 1 aliphatic rings. The van der Waals surface area contributed by atoms with Gasteiger partial charge in [0.1, 0.15) is 5.75 Å². The van der Waals surface area contributed by atoms with Gasteiger partial charge in [-0.25, -0.2) is 0 Å². The van der Waals surface area contributed by atoms with Gasteiger partial charge in [-0.05, 0) is 74.8 Å². The predicted molar refractivity (Wildman–Crippen MR) is 71.6 cm³/mol. The molecule has 0 aromatic heterocycles. The summed E-state index contributed by atoms with van der Waals surface area (Å²) in [6.45, 7) is 7.80. The van der Waals surface area contributed by atoms with E-state index in [1.165, 1.54) is 29.5 Å². The monoisotopic (exact) mass is 233 g/mol. The summed E-state index contributed by atoms with van der Waals surface area (Å²) in [5.41, 5.74) is 9.91. The van der Waals surface area contributed by atoms with Crippen molar-refractivity contribution in [3.05, 3.63) is 28.8 Å². The van der Waals surface area contributed by atoms with Crippen LogP contribution in [0.1, 0.15) is 42.4 Å². The lowest BCUT2D eigenvalue weighted by atomic mass is 9.89. The zero-order chi connectivity index (χ0) is 12.4. The molecule has 0 spiro atoms. The van der Waals surface area contributed by atoms with E-state index in [1.807, 2.05) is 6.92 Å². The molecule has 1 atom stereocenters. The van der Waals surface area contributed by atoms with Gasteiger partial charge in [0.15, 0.2) is 0 Å². The van der Waals surface area contributed by atoms with E-state index in [9.17, 15) is 0 Å². The largest absolute Gasteiger partial charge is 0.494 e. The fraction of sp³-hybridized carbons (Fsp3) is 0.600. The lowest BCUT2D eigenvalue weighted by molar-refractivity contribution is 0.337. The fourth-order valence-electron chi connectivity index (χ4n) is 2.59. The van der Waals surface area contributed by atoms with Crippen molar-refractivity contribution in [2.75, 3.05) is 13.2 Å². The molecule has 0 bridgehead atoms. The summed E-state index contributed by atoms with van der Waals surface area (Å²) in [5.74, 6) is 2.38. The molecule has 0 amide bonds.